The molecule has 0 saturated carbocycles. The maximum atomic E-state index is 6.31. The lowest BCUT2D eigenvalue weighted by atomic mass is 10.2. The molecule has 0 fully saturated rings. The SMILES string of the molecule is COc1ccc(Nc2ccc(OCCOc3ccc(Nc4ccc(C)cc4)cc3Nc3ccc(C)cc3)c(Nc3ccc(OC)cc3)c2)cc1. The van der Waals surface area contributed by atoms with Crippen molar-refractivity contribution in [3.63, 3.8) is 0 Å². The zero-order chi connectivity index (χ0) is 34.7. The predicted molar refractivity (Wildman–Crippen MR) is 205 cm³/mol. The van der Waals surface area contributed by atoms with Crippen molar-refractivity contribution in [2.75, 3.05) is 48.7 Å². The standard InChI is InChI=1S/C42H42N4O4/c1-29-5-9-31(10-6-29)43-35-17-23-41(39(27-35)45-33-11-7-30(2)8-12-33)49-25-26-50-42-24-18-36(44-32-13-19-37(47-3)20-14-32)28-40(42)46-34-15-21-38(48-4)22-16-34/h5-24,27-28,43-46H,25-26H2,1-4H3. The van der Waals surface area contributed by atoms with Crippen LogP contribution in [0.1, 0.15) is 11.1 Å². The summed E-state index contributed by atoms with van der Waals surface area (Å²) in [4.78, 5) is 0. The Labute approximate surface area is 294 Å². The van der Waals surface area contributed by atoms with E-state index in [-0.39, 0.29) is 0 Å². The molecule has 0 aliphatic heterocycles. The largest absolute Gasteiger partial charge is 0.497 e. The van der Waals surface area contributed by atoms with Gasteiger partial charge in [0.15, 0.2) is 0 Å². The molecule has 8 nitrogen and oxygen atoms in total. The Balaban J connectivity index is 1.16. The molecule has 0 aliphatic carbocycles. The van der Waals surface area contributed by atoms with Gasteiger partial charge in [0.25, 0.3) is 0 Å². The minimum atomic E-state index is 0.329. The number of methoxy groups -OCH3 is 2. The van der Waals surface area contributed by atoms with Crippen molar-refractivity contribution in [1.82, 2.24) is 0 Å². The first-order chi connectivity index (χ1) is 24.4. The number of aryl methyl sites for hydroxylation is 2. The highest BCUT2D eigenvalue weighted by Crippen LogP contribution is 2.35. The van der Waals surface area contributed by atoms with Crippen LogP contribution in [-0.2, 0) is 0 Å². The van der Waals surface area contributed by atoms with Crippen molar-refractivity contribution in [2.45, 2.75) is 13.8 Å². The third-order valence-corrected chi connectivity index (χ3v) is 7.98. The summed E-state index contributed by atoms with van der Waals surface area (Å²) in [7, 11) is 3.31. The minimum Gasteiger partial charge on any atom is -0.497 e. The second-order valence-corrected chi connectivity index (χ2v) is 11.8. The maximum absolute atomic E-state index is 6.31. The van der Waals surface area contributed by atoms with Crippen LogP contribution in [0.25, 0.3) is 0 Å². The molecule has 0 heterocycles. The molecule has 0 aromatic heterocycles. The van der Waals surface area contributed by atoms with E-state index in [2.05, 4.69) is 89.7 Å². The van der Waals surface area contributed by atoms with Crippen LogP contribution in [0.3, 0.4) is 0 Å². The van der Waals surface area contributed by atoms with E-state index in [1.807, 2.05) is 78.9 Å². The molecule has 0 unspecified atom stereocenters. The summed E-state index contributed by atoms with van der Waals surface area (Å²) in [6.45, 7) is 4.82. The summed E-state index contributed by atoms with van der Waals surface area (Å²) in [6.07, 6.45) is 0. The van der Waals surface area contributed by atoms with Gasteiger partial charge in [-0.15, -0.1) is 0 Å². The number of rotatable bonds is 15. The van der Waals surface area contributed by atoms with Gasteiger partial charge in [-0.1, -0.05) is 35.4 Å². The molecule has 6 aromatic carbocycles. The molecule has 254 valence electrons. The van der Waals surface area contributed by atoms with E-state index in [0.29, 0.717) is 19.0 Å². The van der Waals surface area contributed by atoms with E-state index in [1.165, 1.54) is 11.1 Å². The van der Waals surface area contributed by atoms with Crippen LogP contribution in [0.15, 0.2) is 133 Å². The topological polar surface area (TPSA) is 85.0 Å². The average Bonchev–Trinajstić information content (AvgIpc) is 3.14. The van der Waals surface area contributed by atoms with Crippen LogP contribution >= 0.6 is 0 Å². The molecule has 0 saturated heterocycles. The van der Waals surface area contributed by atoms with E-state index in [0.717, 1.165) is 62.7 Å². The Bertz CT molecular complexity index is 1980. The van der Waals surface area contributed by atoms with Crippen LogP contribution in [-0.4, -0.2) is 27.4 Å². The molecular weight excluding hydrogens is 624 g/mol. The number of hydrogen-bond donors (Lipinski definition) is 4. The maximum Gasteiger partial charge on any atom is 0.143 e. The second-order valence-electron chi connectivity index (χ2n) is 11.8. The summed E-state index contributed by atoms with van der Waals surface area (Å²) >= 11 is 0. The molecule has 0 aliphatic rings. The number of nitrogens with one attached hydrogen (secondary N) is 4. The third kappa shape index (κ3) is 9.20. The van der Waals surface area contributed by atoms with Gasteiger partial charge in [0.05, 0.1) is 25.6 Å². The van der Waals surface area contributed by atoms with E-state index >= 15 is 0 Å². The van der Waals surface area contributed by atoms with Crippen molar-refractivity contribution < 1.29 is 18.9 Å². The lowest BCUT2D eigenvalue weighted by Gasteiger charge is -2.18. The molecule has 0 atom stereocenters. The number of ether oxygens (including phenoxy) is 4. The number of anilines is 8. The van der Waals surface area contributed by atoms with Crippen molar-refractivity contribution in [3.8, 4) is 23.0 Å². The van der Waals surface area contributed by atoms with Gasteiger partial charge in [0.1, 0.15) is 36.2 Å². The summed E-state index contributed by atoms with van der Waals surface area (Å²) in [6, 6.07) is 44.2. The molecule has 0 spiro atoms. The highest BCUT2D eigenvalue weighted by Gasteiger charge is 2.11. The second kappa shape index (κ2) is 16.2. The van der Waals surface area contributed by atoms with Gasteiger partial charge < -0.3 is 40.2 Å². The van der Waals surface area contributed by atoms with Crippen LogP contribution in [0.5, 0.6) is 23.0 Å². The lowest BCUT2D eigenvalue weighted by Crippen LogP contribution is -2.11. The van der Waals surface area contributed by atoms with Gasteiger partial charge in [0, 0.05) is 34.1 Å². The highest BCUT2D eigenvalue weighted by atomic mass is 16.5. The molecule has 8 heteroatoms. The van der Waals surface area contributed by atoms with Crippen LogP contribution < -0.4 is 40.2 Å². The van der Waals surface area contributed by atoms with Crippen LogP contribution in [0.2, 0.25) is 0 Å². The first kappa shape index (κ1) is 33.6. The highest BCUT2D eigenvalue weighted by molar-refractivity contribution is 5.75. The average molecular weight is 667 g/mol. The number of hydrogen-bond acceptors (Lipinski definition) is 8. The Morgan fingerprint density at radius 2 is 0.700 bits per heavy atom. The predicted octanol–water partition coefficient (Wildman–Crippen LogP) is 10.8. The quantitative estimate of drug-likeness (QED) is 0.0806. The molecule has 50 heavy (non-hydrogen) atoms. The van der Waals surface area contributed by atoms with E-state index < -0.39 is 0 Å². The Hall–Kier alpha value is -6.28. The molecule has 0 bridgehead atoms. The minimum absolute atomic E-state index is 0.329. The van der Waals surface area contributed by atoms with Gasteiger partial charge in [-0.05, 0) is 123 Å². The lowest BCUT2D eigenvalue weighted by molar-refractivity contribution is 0.218. The fourth-order valence-electron chi connectivity index (χ4n) is 5.23. The number of benzene rings is 6. The van der Waals surface area contributed by atoms with Crippen LogP contribution in [0, 0.1) is 13.8 Å². The summed E-state index contributed by atoms with van der Waals surface area (Å²) in [5.74, 6) is 3.00. The third-order valence-electron chi connectivity index (χ3n) is 7.98. The summed E-state index contributed by atoms with van der Waals surface area (Å²) in [5, 5.41) is 14.0. The van der Waals surface area contributed by atoms with Gasteiger partial charge in [-0.3, -0.25) is 0 Å². The molecule has 4 N–H and O–H groups in total. The summed E-state index contributed by atoms with van der Waals surface area (Å²) in [5.41, 5.74) is 9.76. The Morgan fingerprint density at radius 1 is 0.380 bits per heavy atom. The zero-order valence-corrected chi connectivity index (χ0v) is 28.7. The van der Waals surface area contributed by atoms with Gasteiger partial charge in [-0.2, -0.15) is 0 Å². The molecule has 0 amide bonds. The van der Waals surface area contributed by atoms with Crippen molar-refractivity contribution in [3.05, 3.63) is 145 Å². The van der Waals surface area contributed by atoms with Crippen molar-refractivity contribution in [1.29, 1.82) is 0 Å². The van der Waals surface area contributed by atoms with E-state index in [9.17, 15) is 0 Å². The Morgan fingerprint density at radius 3 is 1.06 bits per heavy atom. The molecular formula is C42H42N4O4. The van der Waals surface area contributed by atoms with E-state index in [1.54, 1.807) is 14.2 Å². The fourth-order valence-corrected chi connectivity index (χ4v) is 5.23. The smallest absolute Gasteiger partial charge is 0.143 e. The zero-order valence-electron chi connectivity index (χ0n) is 28.7. The Kier molecular flexibility index (Phi) is 10.9. The van der Waals surface area contributed by atoms with Gasteiger partial charge >= 0.3 is 0 Å². The normalized spacial score (nSPS) is 10.6. The molecule has 6 aromatic rings. The van der Waals surface area contributed by atoms with Gasteiger partial charge in [-0.25, -0.2) is 0 Å². The van der Waals surface area contributed by atoms with Crippen molar-refractivity contribution in [2.24, 2.45) is 0 Å². The van der Waals surface area contributed by atoms with E-state index in [4.69, 9.17) is 18.9 Å². The monoisotopic (exact) mass is 666 g/mol. The van der Waals surface area contributed by atoms with Crippen molar-refractivity contribution >= 4 is 45.5 Å². The first-order valence-electron chi connectivity index (χ1n) is 16.5. The van der Waals surface area contributed by atoms with Crippen LogP contribution in [0.4, 0.5) is 45.5 Å². The summed E-state index contributed by atoms with van der Waals surface area (Å²) < 4.78 is 23.3. The van der Waals surface area contributed by atoms with Gasteiger partial charge in [0.2, 0.25) is 0 Å². The molecule has 0 radical (unpaired) electrons. The molecule has 6 rings (SSSR count). The fraction of sp³-hybridized carbons (Fsp3) is 0.143. The first-order valence-corrected chi connectivity index (χ1v) is 16.5.